The Morgan fingerprint density at radius 3 is 2.64 bits per heavy atom. The van der Waals surface area contributed by atoms with Gasteiger partial charge in [0.2, 0.25) is 0 Å². The molecule has 0 aromatic heterocycles. The van der Waals surface area contributed by atoms with E-state index in [1.807, 2.05) is 31.2 Å². The number of piperidine rings is 1. The second-order valence-electron chi connectivity index (χ2n) is 6.26. The number of carbonyl (C=O) groups is 1. The normalized spacial score (nSPS) is 14.6. The monoisotopic (exact) mass is 500 g/mol. The maximum atomic E-state index is 11.7. The Morgan fingerprint density at radius 1 is 1.36 bits per heavy atom. The molecule has 28 heavy (non-hydrogen) atoms. The number of nitrogens with one attached hydrogen (secondary N) is 1. The Hall–Kier alpha value is -2.15. The van der Waals surface area contributed by atoms with Crippen molar-refractivity contribution >= 4 is 36.0 Å². The number of hydrogen-bond acceptors (Lipinski definition) is 4. The van der Waals surface area contributed by atoms with Crippen molar-refractivity contribution in [2.24, 2.45) is 10.7 Å². The van der Waals surface area contributed by atoms with E-state index in [0.29, 0.717) is 32.2 Å². The molecule has 0 bridgehead atoms. The minimum atomic E-state index is -0.242. The average Bonchev–Trinajstić information content (AvgIpc) is 2.68. The Balaban J connectivity index is 0.00000392. The van der Waals surface area contributed by atoms with Gasteiger partial charge in [-0.05, 0) is 43.9 Å². The van der Waals surface area contributed by atoms with Gasteiger partial charge in [0.1, 0.15) is 12.4 Å². The Labute approximate surface area is 184 Å². The number of carbonyl (C=O) groups excluding carboxylic acids is 1. The van der Waals surface area contributed by atoms with Gasteiger partial charge in [-0.1, -0.05) is 18.1 Å². The fourth-order valence-corrected chi connectivity index (χ4v) is 2.86. The number of amides is 1. The maximum Gasteiger partial charge on any atom is 0.409 e. The number of nitrogens with zero attached hydrogens (tertiary/aromatic N) is 2. The summed E-state index contributed by atoms with van der Waals surface area (Å²) < 4.78 is 10.4. The predicted molar refractivity (Wildman–Crippen MR) is 121 cm³/mol. The van der Waals surface area contributed by atoms with E-state index >= 15 is 0 Å². The van der Waals surface area contributed by atoms with Crippen molar-refractivity contribution in [2.45, 2.75) is 32.2 Å². The van der Waals surface area contributed by atoms with Crippen molar-refractivity contribution in [2.75, 3.05) is 32.8 Å². The largest absolute Gasteiger partial charge is 0.481 e. The summed E-state index contributed by atoms with van der Waals surface area (Å²) in [6.07, 6.45) is 7.37. The fraction of sp³-hybridized carbons (Fsp3) is 0.500. The van der Waals surface area contributed by atoms with Crippen LogP contribution in [0.25, 0.3) is 0 Å². The first kappa shape index (κ1) is 23.9. The highest BCUT2D eigenvalue weighted by Crippen LogP contribution is 2.13. The maximum absolute atomic E-state index is 11.7. The van der Waals surface area contributed by atoms with Crippen LogP contribution in [0.3, 0.4) is 0 Å². The molecule has 0 saturated carbocycles. The average molecular weight is 500 g/mol. The summed E-state index contributed by atoms with van der Waals surface area (Å²) in [5.41, 5.74) is 7.14. The molecule has 1 saturated heterocycles. The topological polar surface area (TPSA) is 89.2 Å². The van der Waals surface area contributed by atoms with Crippen molar-refractivity contribution in [3.05, 3.63) is 29.8 Å². The molecule has 1 fully saturated rings. The number of terminal acetylenes is 1. The first-order chi connectivity index (χ1) is 13.1. The number of likely N-dealkylation sites (tertiary alicyclic amines) is 1. The number of hydrogen-bond donors (Lipinski definition) is 2. The molecule has 0 atom stereocenters. The van der Waals surface area contributed by atoms with E-state index < -0.39 is 0 Å². The van der Waals surface area contributed by atoms with E-state index in [4.69, 9.17) is 21.6 Å². The first-order valence-electron chi connectivity index (χ1n) is 9.25. The van der Waals surface area contributed by atoms with Crippen LogP contribution in [0.4, 0.5) is 4.79 Å². The van der Waals surface area contributed by atoms with Gasteiger partial charge in [0.15, 0.2) is 5.96 Å². The molecule has 0 radical (unpaired) electrons. The molecular weight excluding hydrogens is 471 g/mol. The summed E-state index contributed by atoms with van der Waals surface area (Å²) in [6.45, 7) is 4.41. The first-order valence-corrected chi connectivity index (χ1v) is 9.25. The second-order valence-corrected chi connectivity index (χ2v) is 6.26. The van der Waals surface area contributed by atoms with Gasteiger partial charge >= 0.3 is 6.09 Å². The molecule has 1 aromatic rings. The summed E-state index contributed by atoms with van der Waals surface area (Å²) in [4.78, 5) is 17.8. The van der Waals surface area contributed by atoms with Gasteiger partial charge in [-0.2, -0.15) is 0 Å². The molecule has 3 N–H and O–H groups in total. The predicted octanol–water partition coefficient (Wildman–Crippen LogP) is 2.38. The van der Waals surface area contributed by atoms with Gasteiger partial charge in [0.25, 0.3) is 0 Å². The van der Waals surface area contributed by atoms with Crippen molar-refractivity contribution in [3.63, 3.8) is 0 Å². The number of guanidine groups is 1. The lowest BCUT2D eigenvalue weighted by atomic mass is 10.1. The highest BCUT2D eigenvalue weighted by Gasteiger charge is 2.23. The molecule has 154 valence electrons. The summed E-state index contributed by atoms with van der Waals surface area (Å²) in [5, 5.41) is 3.24. The highest BCUT2D eigenvalue weighted by molar-refractivity contribution is 14.0. The Bertz CT molecular complexity index is 665. The van der Waals surface area contributed by atoms with Gasteiger partial charge in [-0.15, -0.1) is 30.4 Å². The number of rotatable bonds is 7. The van der Waals surface area contributed by atoms with E-state index in [1.165, 1.54) is 0 Å². The lowest BCUT2D eigenvalue weighted by molar-refractivity contribution is 0.0963. The third-order valence-electron chi connectivity index (χ3n) is 4.30. The lowest BCUT2D eigenvalue weighted by Gasteiger charge is -2.31. The summed E-state index contributed by atoms with van der Waals surface area (Å²) in [5.74, 6) is 3.64. The van der Waals surface area contributed by atoms with Crippen LogP contribution in [0.15, 0.2) is 29.3 Å². The third-order valence-corrected chi connectivity index (χ3v) is 4.30. The molecule has 8 heteroatoms. The number of ether oxygens (including phenoxy) is 2. The zero-order valence-electron chi connectivity index (χ0n) is 16.2. The smallest absolute Gasteiger partial charge is 0.409 e. The minimum absolute atomic E-state index is 0. The number of aliphatic imine (C=N–C) groups is 1. The summed E-state index contributed by atoms with van der Waals surface area (Å²) >= 11 is 0. The zero-order chi connectivity index (χ0) is 19.5. The van der Waals surface area contributed by atoms with Crippen LogP contribution in [-0.4, -0.2) is 55.8 Å². The standard InChI is InChI=1S/C20H28N4O3.HI/c1-3-15-27-18-7-5-16(6-8-18)9-12-22-19(21)23-17-10-13-24(14-11-17)20(25)26-4-2;/h1,5-8,17H,4,9-15H2,2H3,(H3,21,22,23);1H. The van der Waals surface area contributed by atoms with E-state index in [-0.39, 0.29) is 42.7 Å². The fourth-order valence-electron chi connectivity index (χ4n) is 2.86. The molecule has 7 nitrogen and oxygen atoms in total. The van der Waals surface area contributed by atoms with Crippen LogP contribution in [0.5, 0.6) is 5.75 Å². The molecule has 2 rings (SSSR count). The van der Waals surface area contributed by atoms with Crippen LogP contribution in [0.1, 0.15) is 25.3 Å². The van der Waals surface area contributed by atoms with E-state index in [1.54, 1.807) is 4.90 Å². The molecular formula is C20H29IN4O3. The number of benzene rings is 1. The lowest BCUT2D eigenvalue weighted by Crippen LogP contribution is -2.48. The van der Waals surface area contributed by atoms with Gasteiger partial charge in [0, 0.05) is 25.7 Å². The molecule has 1 amide bonds. The van der Waals surface area contributed by atoms with Crippen LogP contribution in [0.2, 0.25) is 0 Å². The van der Waals surface area contributed by atoms with Crippen molar-refractivity contribution in [1.82, 2.24) is 10.2 Å². The van der Waals surface area contributed by atoms with Gasteiger partial charge in [-0.25, -0.2) is 4.79 Å². The van der Waals surface area contributed by atoms with Crippen molar-refractivity contribution in [3.8, 4) is 18.1 Å². The van der Waals surface area contributed by atoms with Crippen LogP contribution in [-0.2, 0) is 11.2 Å². The Morgan fingerprint density at radius 2 is 2.04 bits per heavy atom. The molecule has 1 aliphatic heterocycles. The molecule has 1 aromatic carbocycles. The van der Waals surface area contributed by atoms with E-state index in [9.17, 15) is 4.79 Å². The second kappa shape index (κ2) is 13.1. The van der Waals surface area contributed by atoms with E-state index in [0.717, 1.165) is 30.6 Å². The van der Waals surface area contributed by atoms with Gasteiger partial charge in [0.05, 0.1) is 6.61 Å². The van der Waals surface area contributed by atoms with Crippen molar-refractivity contribution in [1.29, 1.82) is 0 Å². The quantitative estimate of drug-likeness (QED) is 0.260. The van der Waals surface area contributed by atoms with Crippen LogP contribution in [0, 0.1) is 12.3 Å². The third kappa shape index (κ3) is 8.25. The zero-order valence-corrected chi connectivity index (χ0v) is 18.6. The SMILES string of the molecule is C#CCOc1ccc(CCN=C(N)NC2CCN(C(=O)OCC)CC2)cc1.I. The molecule has 1 aliphatic rings. The molecule has 0 aliphatic carbocycles. The van der Waals surface area contributed by atoms with Crippen molar-refractivity contribution < 1.29 is 14.3 Å². The van der Waals surface area contributed by atoms with E-state index in [2.05, 4.69) is 16.2 Å². The highest BCUT2D eigenvalue weighted by atomic mass is 127. The van der Waals surface area contributed by atoms with Gasteiger partial charge < -0.3 is 25.4 Å². The summed E-state index contributed by atoms with van der Waals surface area (Å²) in [6, 6.07) is 8.02. The minimum Gasteiger partial charge on any atom is -0.481 e. The molecule has 0 unspecified atom stereocenters. The molecule has 1 heterocycles. The number of nitrogens with two attached hydrogens (primary N) is 1. The van der Waals surface area contributed by atoms with Gasteiger partial charge in [-0.3, -0.25) is 4.99 Å². The molecule has 0 spiro atoms. The number of halogens is 1. The Kier molecular flexibility index (Phi) is 11.2. The van der Waals surface area contributed by atoms with Crippen LogP contribution >= 0.6 is 24.0 Å². The van der Waals surface area contributed by atoms with Crippen LogP contribution < -0.4 is 15.8 Å². The summed E-state index contributed by atoms with van der Waals surface area (Å²) in [7, 11) is 0.